The summed E-state index contributed by atoms with van der Waals surface area (Å²) in [5.74, 6) is 0. The Balaban J connectivity index is 2.00. The van der Waals surface area contributed by atoms with Crippen LogP contribution in [-0.2, 0) is 6.42 Å². The Kier molecular flexibility index (Phi) is 2.96. The van der Waals surface area contributed by atoms with E-state index in [1.54, 1.807) is 11.3 Å². The molecule has 1 heterocycles. The van der Waals surface area contributed by atoms with Crippen LogP contribution in [0.15, 0.2) is 18.2 Å². The van der Waals surface area contributed by atoms with Crippen molar-refractivity contribution in [2.24, 2.45) is 5.73 Å². The van der Waals surface area contributed by atoms with Gasteiger partial charge < -0.3 is 5.73 Å². The Morgan fingerprint density at radius 1 is 1.44 bits per heavy atom. The van der Waals surface area contributed by atoms with Gasteiger partial charge in [-0.3, -0.25) is 0 Å². The fourth-order valence-corrected chi connectivity index (χ4v) is 3.67. The van der Waals surface area contributed by atoms with Crippen LogP contribution in [0.5, 0.6) is 0 Å². The summed E-state index contributed by atoms with van der Waals surface area (Å²) in [7, 11) is 0. The summed E-state index contributed by atoms with van der Waals surface area (Å²) in [6, 6.07) is 6.76. The lowest BCUT2D eigenvalue weighted by atomic mass is 10.1. The highest BCUT2D eigenvalue weighted by Gasteiger charge is 2.24. The third-order valence-electron chi connectivity index (χ3n) is 3.50. The van der Waals surface area contributed by atoms with E-state index in [2.05, 4.69) is 32.0 Å². The summed E-state index contributed by atoms with van der Waals surface area (Å²) in [4.78, 5) is 6.17. The van der Waals surface area contributed by atoms with Crippen molar-refractivity contribution >= 4 is 11.3 Å². The molecule has 1 aliphatic carbocycles. The lowest BCUT2D eigenvalue weighted by Crippen LogP contribution is -2.09. The Bertz CT molecular complexity index is 586. The van der Waals surface area contributed by atoms with E-state index in [-0.39, 0.29) is 6.04 Å². The second-order valence-electron chi connectivity index (χ2n) is 5.06. The number of thiazole rings is 1. The highest BCUT2D eigenvalue weighted by Crippen LogP contribution is 2.41. The van der Waals surface area contributed by atoms with E-state index in [4.69, 9.17) is 10.7 Å². The van der Waals surface area contributed by atoms with Crippen LogP contribution in [0.25, 0.3) is 11.3 Å². The number of hydrogen-bond acceptors (Lipinski definition) is 3. The summed E-state index contributed by atoms with van der Waals surface area (Å²) >= 11 is 1.80. The maximum absolute atomic E-state index is 6.16. The predicted octanol–water partition coefficient (Wildman–Crippen LogP) is 3.82. The fraction of sp³-hybridized carbons (Fsp3) is 0.400. The molecule has 0 fully saturated rings. The molecule has 2 nitrogen and oxygen atoms in total. The van der Waals surface area contributed by atoms with Crippen molar-refractivity contribution in [3.63, 3.8) is 0 Å². The normalized spacial score (nSPS) is 14.4. The van der Waals surface area contributed by atoms with Gasteiger partial charge in [0, 0.05) is 16.9 Å². The molecule has 0 amide bonds. The van der Waals surface area contributed by atoms with Crippen LogP contribution in [0.4, 0.5) is 0 Å². The lowest BCUT2D eigenvalue weighted by Gasteiger charge is -2.06. The van der Waals surface area contributed by atoms with E-state index in [0.717, 1.165) is 24.3 Å². The molecule has 0 saturated carbocycles. The van der Waals surface area contributed by atoms with Crippen molar-refractivity contribution in [3.8, 4) is 11.3 Å². The van der Waals surface area contributed by atoms with Crippen LogP contribution in [0.3, 0.4) is 0 Å². The van der Waals surface area contributed by atoms with Crippen LogP contribution in [0.2, 0.25) is 0 Å². The molecule has 1 aromatic heterocycles. The van der Waals surface area contributed by atoms with Crippen LogP contribution in [0, 0.1) is 6.92 Å². The topological polar surface area (TPSA) is 38.9 Å². The number of fused-ring (bicyclic) bond motifs is 3. The van der Waals surface area contributed by atoms with E-state index < -0.39 is 0 Å². The van der Waals surface area contributed by atoms with Gasteiger partial charge in [-0.25, -0.2) is 4.98 Å². The largest absolute Gasteiger partial charge is 0.322 e. The number of aryl methyl sites for hydroxylation is 1. The van der Waals surface area contributed by atoms with Gasteiger partial charge in [0.1, 0.15) is 5.01 Å². The molecule has 0 saturated heterocycles. The minimum absolute atomic E-state index is 0.110. The van der Waals surface area contributed by atoms with E-state index in [1.165, 1.54) is 27.3 Å². The molecule has 1 unspecified atom stereocenters. The zero-order valence-electron chi connectivity index (χ0n) is 10.9. The Morgan fingerprint density at radius 2 is 2.28 bits per heavy atom. The van der Waals surface area contributed by atoms with Gasteiger partial charge in [0.05, 0.1) is 11.7 Å². The third-order valence-corrected chi connectivity index (χ3v) is 4.69. The molecular formula is C15H18N2S. The zero-order chi connectivity index (χ0) is 12.7. The lowest BCUT2D eigenvalue weighted by molar-refractivity contribution is 0.635. The number of nitrogens with two attached hydrogens (primary N) is 1. The van der Waals surface area contributed by atoms with E-state index >= 15 is 0 Å². The maximum Gasteiger partial charge on any atom is 0.110 e. The highest BCUT2D eigenvalue weighted by atomic mass is 32.1. The van der Waals surface area contributed by atoms with Gasteiger partial charge in [0.2, 0.25) is 0 Å². The SMILES string of the molecule is CCCC(N)c1nc2c(s1)Cc1ccc(C)cc1-2. The second-order valence-corrected chi connectivity index (χ2v) is 6.17. The van der Waals surface area contributed by atoms with Crippen molar-refractivity contribution < 1.29 is 0 Å². The Morgan fingerprint density at radius 3 is 3.06 bits per heavy atom. The molecular weight excluding hydrogens is 240 g/mol. The first-order chi connectivity index (χ1) is 8.69. The van der Waals surface area contributed by atoms with Gasteiger partial charge in [-0.2, -0.15) is 0 Å². The fourth-order valence-electron chi connectivity index (χ4n) is 2.53. The zero-order valence-corrected chi connectivity index (χ0v) is 11.7. The van der Waals surface area contributed by atoms with E-state index in [9.17, 15) is 0 Å². The van der Waals surface area contributed by atoms with Crippen molar-refractivity contribution in [3.05, 3.63) is 39.2 Å². The smallest absolute Gasteiger partial charge is 0.110 e. The Hall–Kier alpha value is -1.19. The average Bonchev–Trinajstić information content (AvgIpc) is 2.87. The summed E-state index contributed by atoms with van der Waals surface area (Å²) in [6.07, 6.45) is 3.16. The van der Waals surface area contributed by atoms with Crippen molar-refractivity contribution in [1.82, 2.24) is 4.98 Å². The standard InChI is InChI=1S/C15H18N2S/c1-3-4-12(16)15-17-14-11-7-9(2)5-6-10(11)8-13(14)18-15/h5-7,12H,3-4,8,16H2,1-2H3. The molecule has 2 N–H and O–H groups in total. The predicted molar refractivity (Wildman–Crippen MR) is 76.9 cm³/mol. The average molecular weight is 258 g/mol. The number of rotatable bonds is 3. The minimum Gasteiger partial charge on any atom is -0.322 e. The molecule has 0 bridgehead atoms. The third kappa shape index (κ3) is 1.88. The van der Waals surface area contributed by atoms with Crippen molar-refractivity contribution in [2.75, 3.05) is 0 Å². The molecule has 2 aromatic rings. The summed E-state index contributed by atoms with van der Waals surface area (Å²) in [5, 5.41) is 1.11. The Labute approximate surface area is 112 Å². The van der Waals surface area contributed by atoms with Crippen molar-refractivity contribution in [2.45, 2.75) is 39.2 Å². The summed E-state index contributed by atoms with van der Waals surface area (Å²) in [6.45, 7) is 4.30. The number of nitrogens with zero attached hydrogens (tertiary/aromatic N) is 1. The van der Waals surface area contributed by atoms with Gasteiger partial charge in [-0.1, -0.05) is 31.0 Å². The van der Waals surface area contributed by atoms with Gasteiger partial charge in [0.25, 0.3) is 0 Å². The van der Waals surface area contributed by atoms with E-state index in [1.807, 2.05) is 0 Å². The molecule has 1 aromatic carbocycles. The van der Waals surface area contributed by atoms with Gasteiger partial charge in [0.15, 0.2) is 0 Å². The first kappa shape index (κ1) is 11.9. The van der Waals surface area contributed by atoms with Gasteiger partial charge in [-0.15, -0.1) is 11.3 Å². The van der Waals surface area contributed by atoms with E-state index in [0.29, 0.717) is 0 Å². The molecule has 18 heavy (non-hydrogen) atoms. The maximum atomic E-state index is 6.16. The molecule has 1 atom stereocenters. The monoisotopic (exact) mass is 258 g/mol. The van der Waals surface area contributed by atoms with Gasteiger partial charge in [-0.05, 0) is 25.0 Å². The van der Waals surface area contributed by atoms with Gasteiger partial charge >= 0.3 is 0 Å². The number of benzene rings is 1. The number of hydrogen-bond donors (Lipinski definition) is 1. The molecule has 0 radical (unpaired) electrons. The first-order valence-corrected chi connectivity index (χ1v) is 7.35. The highest BCUT2D eigenvalue weighted by molar-refractivity contribution is 7.12. The van der Waals surface area contributed by atoms with Crippen LogP contribution in [-0.4, -0.2) is 4.98 Å². The molecule has 3 heteroatoms. The molecule has 0 aliphatic heterocycles. The molecule has 1 aliphatic rings. The summed E-state index contributed by atoms with van der Waals surface area (Å²) in [5.41, 5.74) is 11.4. The number of aromatic nitrogens is 1. The quantitative estimate of drug-likeness (QED) is 0.775. The van der Waals surface area contributed by atoms with Crippen LogP contribution >= 0.6 is 11.3 Å². The first-order valence-electron chi connectivity index (χ1n) is 6.54. The minimum atomic E-state index is 0.110. The van der Waals surface area contributed by atoms with Crippen molar-refractivity contribution in [1.29, 1.82) is 0 Å². The molecule has 3 rings (SSSR count). The molecule has 94 valence electrons. The summed E-state index contributed by atoms with van der Waals surface area (Å²) < 4.78 is 0. The van der Waals surface area contributed by atoms with Crippen LogP contribution in [0.1, 0.15) is 46.8 Å². The second kappa shape index (κ2) is 4.48. The molecule has 0 spiro atoms. The van der Waals surface area contributed by atoms with Crippen LogP contribution < -0.4 is 5.73 Å².